The van der Waals surface area contributed by atoms with Crippen molar-refractivity contribution in [1.29, 1.82) is 0 Å². The molecule has 0 amide bonds. The van der Waals surface area contributed by atoms with E-state index in [9.17, 15) is 51.8 Å². The van der Waals surface area contributed by atoms with Gasteiger partial charge in [0.25, 0.3) is 0 Å². The second-order valence-corrected chi connectivity index (χ2v) is 22.3. The number of furan rings is 4. The molecule has 3 aromatic rings. The van der Waals surface area contributed by atoms with Crippen LogP contribution >= 0.6 is 0 Å². The topological polar surface area (TPSA) is 165 Å². The molecule has 3 aromatic carbocycles. The van der Waals surface area contributed by atoms with E-state index in [0.717, 1.165) is 0 Å². The second kappa shape index (κ2) is 28.2. The van der Waals surface area contributed by atoms with Crippen LogP contribution in [0.5, 0.6) is 0 Å². The summed E-state index contributed by atoms with van der Waals surface area (Å²) in [7, 11) is -18.0. The fourth-order valence-electron chi connectivity index (χ4n) is 12.3. The quantitative estimate of drug-likeness (QED) is 0.0691. The maximum Gasteiger partial charge on any atom is 0.673 e. The molecule has 15 rings (SSSR count). The first-order valence-electron chi connectivity index (χ1n) is 30.6. The SMILES string of the molecule is F[B-](F)(F)F.F[B-](F)(F)F.F[B-](F)(F)F.O=c1oc2cccccc-2c1[C+](c1cc([C+](c2c3cccccc-3oc2=O)c2c3cccccc-3oc2=O)cc([C+](c2c3cccccc-3n(-c3ccccc3)c2=O)c2c3cccccc-3n(-c3ccccc3)c2=O)c1)c1c2cccccc-2oc1=O. The molecule has 27 heteroatoms. The highest BCUT2D eigenvalue weighted by molar-refractivity contribution is 6.50. The minimum absolute atomic E-state index is 0.0243. The van der Waals surface area contributed by atoms with Crippen LogP contribution in [0, 0.1) is 17.8 Å². The number of hydrogen-bond donors (Lipinski definition) is 0. The van der Waals surface area contributed by atoms with Crippen molar-refractivity contribution in [1.82, 2.24) is 9.13 Å². The van der Waals surface area contributed by atoms with Gasteiger partial charge in [-0.15, -0.1) is 0 Å². The summed E-state index contributed by atoms with van der Waals surface area (Å²) in [5.74, 6) is 1.04. The fraction of sp³-hybridized carbons (Fsp3) is 0. The summed E-state index contributed by atoms with van der Waals surface area (Å²) in [5.41, 5.74) is 0.796. The molecular weight excluding hydrogens is 1350 g/mol. The summed E-state index contributed by atoms with van der Waals surface area (Å²) < 4.78 is 145. The van der Waals surface area contributed by atoms with Gasteiger partial charge in [-0.2, -0.15) is 0 Å². The van der Waals surface area contributed by atoms with Crippen molar-refractivity contribution < 1.29 is 69.5 Å². The molecule has 0 saturated heterocycles. The van der Waals surface area contributed by atoms with E-state index in [2.05, 4.69) is 0 Å². The van der Waals surface area contributed by atoms with E-state index in [1.165, 1.54) is 0 Å². The Morgan fingerprint density at radius 3 is 0.686 bits per heavy atom. The zero-order chi connectivity index (χ0) is 72.4. The van der Waals surface area contributed by atoms with Crippen LogP contribution in [0.2, 0.25) is 0 Å². The molecule has 0 fully saturated rings. The van der Waals surface area contributed by atoms with E-state index in [1.807, 2.05) is 121 Å². The van der Waals surface area contributed by atoms with E-state index < -0.39 is 55.4 Å². The molecule has 0 bridgehead atoms. The standard InChI is InChI=1S/C75H43N2O10.3BF4/c78-70-64(49-29-13-3-19-35-55(49)76(70)47-25-9-1-10-26-47)61(65-50-30-14-4-20-36-56(50)77(71(65)79)48-27-11-2-12-28-48)44-41-45(62(66-51-31-15-5-21-37-57(51)84-72(66)80)67-52-32-16-6-22-38-58(52)85-73(67)81)43-46(42-44)63(68-53-33-17-7-23-39-59(53)86-74(68)82)69-54-34-18-8-24-40-60(54)87-75(69)83;3*2-1(3,4)5/h1-43H;;;/q+3;3*-1. The van der Waals surface area contributed by atoms with Crippen LogP contribution in [-0.4, -0.2) is 30.9 Å². The first-order valence-corrected chi connectivity index (χ1v) is 30.6. The molecule has 506 valence electrons. The largest absolute Gasteiger partial charge is 0.673 e. The third kappa shape index (κ3) is 14.5. The predicted octanol–water partition coefficient (Wildman–Crippen LogP) is 17.4. The number of hydrogen-bond acceptors (Lipinski definition) is 10. The van der Waals surface area contributed by atoms with Gasteiger partial charge in [-0.05, 0) is 97.1 Å². The molecule has 6 aliphatic heterocycles. The Morgan fingerprint density at radius 1 is 0.245 bits per heavy atom. The Morgan fingerprint density at radius 2 is 0.441 bits per heavy atom. The summed E-state index contributed by atoms with van der Waals surface area (Å²) >= 11 is 0. The van der Waals surface area contributed by atoms with Crippen molar-refractivity contribution in [2.24, 2.45) is 0 Å². The highest BCUT2D eigenvalue weighted by atomic mass is 19.5. The summed E-state index contributed by atoms with van der Waals surface area (Å²) in [6.45, 7) is 0. The average Bonchev–Trinajstić information content (AvgIpc) is 1.54. The average molecular weight is 1390 g/mol. The fourth-order valence-corrected chi connectivity index (χ4v) is 12.3. The van der Waals surface area contributed by atoms with Gasteiger partial charge in [-0.25, -0.2) is 37.9 Å². The van der Waals surface area contributed by atoms with Crippen LogP contribution < -0.4 is 33.6 Å². The number of aromatic nitrogens is 2. The molecule has 0 radical (unpaired) electrons. The highest BCUT2D eigenvalue weighted by Gasteiger charge is 2.47. The second-order valence-electron chi connectivity index (χ2n) is 22.3. The number of fused-ring (bicyclic) bond motifs is 6. The first-order chi connectivity index (χ1) is 48.7. The van der Waals surface area contributed by atoms with E-state index in [1.54, 1.807) is 149 Å². The van der Waals surface area contributed by atoms with Gasteiger partial charge < -0.3 is 69.5 Å². The lowest BCUT2D eigenvalue weighted by atomic mass is 9.75. The summed E-state index contributed by atoms with van der Waals surface area (Å²) in [5, 5.41) is 0. The van der Waals surface area contributed by atoms with Crippen molar-refractivity contribution in [2.45, 2.75) is 0 Å². The van der Waals surface area contributed by atoms with Crippen molar-refractivity contribution in [3.8, 4) is 79.2 Å². The van der Waals surface area contributed by atoms with Gasteiger partial charge >= 0.3 is 55.4 Å². The van der Waals surface area contributed by atoms with E-state index >= 15 is 28.8 Å². The van der Waals surface area contributed by atoms with Crippen LogP contribution in [-0.2, 0) is 0 Å². The van der Waals surface area contributed by atoms with Gasteiger partial charge in [0.1, 0.15) is 11.1 Å². The lowest BCUT2D eigenvalue weighted by molar-refractivity contribution is 0.366. The van der Waals surface area contributed by atoms with Crippen LogP contribution in [0.4, 0.5) is 51.8 Å². The van der Waals surface area contributed by atoms with E-state index in [-0.39, 0.29) is 90.9 Å². The molecule has 0 atom stereocenters. The number of para-hydroxylation sites is 2. The first kappa shape index (κ1) is 69.1. The van der Waals surface area contributed by atoms with E-state index in [4.69, 9.17) is 17.7 Å². The van der Waals surface area contributed by atoms with Crippen molar-refractivity contribution in [2.75, 3.05) is 0 Å². The molecule has 0 N–H and O–H groups in total. The maximum atomic E-state index is 16.4. The highest BCUT2D eigenvalue weighted by Crippen LogP contribution is 2.49. The Kier molecular flexibility index (Phi) is 19.1. The van der Waals surface area contributed by atoms with Gasteiger partial charge in [0.05, 0.1) is 90.6 Å². The van der Waals surface area contributed by atoms with Gasteiger partial charge in [-0.3, -0.25) is 0 Å². The summed E-state index contributed by atoms with van der Waals surface area (Å²) in [6, 6.07) is 76.4. The Balaban J connectivity index is 0.000000596. The Bertz CT molecular complexity index is 5150. The third-order valence-corrected chi connectivity index (χ3v) is 15.9. The maximum absolute atomic E-state index is 16.4. The number of halogens is 12. The zero-order valence-electron chi connectivity index (χ0n) is 52.1. The molecule has 12 nitrogen and oxygen atoms in total. The van der Waals surface area contributed by atoms with Crippen LogP contribution in [0.3, 0.4) is 0 Å². The Hall–Kier alpha value is -12.8. The minimum Gasteiger partial charge on any atom is -0.418 e. The monoisotopic (exact) mass is 1390 g/mol. The molecule has 0 saturated carbocycles. The van der Waals surface area contributed by atoms with Gasteiger partial charge in [-0.1, -0.05) is 146 Å². The summed E-state index contributed by atoms with van der Waals surface area (Å²) in [6.07, 6.45) is 0. The number of benzene rings is 3. The molecule has 0 aromatic heterocycles. The molecule has 0 spiro atoms. The molecular formula is C75H43B3F12N2O10. The molecule has 102 heavy (non-hydrogen) atoms. The lowest BCUT2D eigenvalue weighted by Crippen LogP contribution is -2.26. The predicted molar refractivity (Wildman–Crippen MR) is 362 cm³/mol. The molecule has 12 aliphatic rings. The molecule has 6 heterocycles. The minimum atomic E-state index is -6.00. The van der Waals surface area contributed by atoms with Crippen molar-refractivity contribution >= 4 is 21.8 Å². The number of rotatable bonds is 11. The molecule has 0 unspecified atom stereocenters. The number of nitrogens with zero attached hydrogens (tertiary/aromatic N) is 2. The normalized spacial score (nSPS) is 11.6. The smallest absolute Gasteiger partial charge is 0.418 e. The van der Waals surface area contributed by atoms with Gasteiger partial charge in [0.2, 0.25) is 0 Å². The van der Waals surface area contributed by atoms with Gasteiger partial charge in [0.15, 0.2) is 45.3 Å². The molecule has 6 aliphatic carbocycles. The van der Waals surface area contributed by atoms with E-state index in [0.29, 0.717) is 56.1 Å². The van der Waals surface area contributed by atoms with Crippen molar-refractivity contribution in [3.05, 3.63) is 391 Å². The van der Waals surface area contributed by atoms with Crippen molar-refractivity contribution in [3.63, 3.8) is 0 Å². The lowest BCUT2D eigenvalue weighted by Gasteiger charge is -2.18. The zero-order valence-corrected chi connectivity index (χ0v) is 52.1. The third-order valence-electron chi connectivity index (χ3n) is 15.9. The van der Waals surface area contributed by atoms with Crippen LogP contribution in [0.1, 0.15) is 50.1 Å². The van der Waals surface area contributed by atoms with Gasteiger partial charge in [0, 0.05) is 18.2 Å². The van der Waals surface area contributed by atoms with Crippen LogP contribution in [0.15, 0.2) is 307 Å². The van der Waals surface area contributed by atoms with Crippen LogP contribution in [0.25, 0.3) is 79.2 Å². The Labute approximate surface area is 568 Å². The summed E-state index contributed by atoms with van der Waals surface area (Å²) in [4.78, 5) is 93.5.